The average molecular weight is 301 g/mol. The molecule has 1 aliphatic carbocycles. The van der Waals surface area contributed by atoms with Crippen LogP contribution in [0.1, 0.15) is 30.9 Å². The molecule has 1 unspecified atom stereocenters. The van der Waals surface area contributed by atoms with Gasteiger partial charge in [0.15, 0.2) is 0 Å². The van der Waals surface area contributed by atoms with Crippen LogP contribution in [0.25, 0.3) is 0 Å². The third-order valence-electron chi connectivity index (χ3n) is 3.21. The van der Waals surface area contributed by atoms with E-state index in [1.54, 1.807) is 6.07 Å². The zero-order valence-electron chi connectivity index (χ0n) is 9.76. The molecule has 1 aromatic rings. The SMILES string of the molecule is NCC(NCCC1CC1)c1ccc(Br)cc1F. The summed E-state index contributed by atoms with van der Waals surface area (Å²) < 4.78 is 14.5. The highest BCUT2D eigenvalue weighted by molar-refractivity contribution is 9.10. The van der Waals surface area contributed by atoms with E-state index in [1.165, 1.54) is 25.3 Å². The van der Waals surface area contributed by atoms with Crippen LogP contribution in [0.2, 0.25) is 0 Å². The summed E-state index contributed by atoms with van der Waals surface area (Å²) in [6, 6.07) is 5.05. The summed E-state index contributed by atoms with van der Waals surface area (Å²) in [6.07, 6.45) is 3.87. The Morgan fingerprint density at radius 2 is 2.24 bits per heavy atom. The van der Waals surface area contributed by atoms with Crippen molar-refractivity contribution < 1.29 is 4.39 Å². The van der Waals surface area contributed by atoms with E-state index < -0.39 is 0 Å². The van der Waals surface area contributed by atoms with E-state index in [0.717, 1.165) is 16.9 Å². The molecule has 2 rings (SSSR count). The molecule has 1 aromatic carbocycles. The Labute approximate surface area is 110 Å². The van der Waals surface area contributed by atoms with Crippen LogP contribution in [0, 0.1) is 11.7 Å². The molecular formula is C13H18BrFN2. The molecule has 1 saturated carbocycles. The highest BCUT2D eigenvalue weighted by Crippen LogP contribution is 2.32. The van der Waals surface area contributed by atoms with Crippen molar-refractivity contribution in [3.8, 4) is 0 Å². The lowest BCUT2D eigenvalue weighted by Crippen LogP contribution is -2.30. The number of hydrogen-bond donors (Lipinski definition) is 2. The summed E-state index contributed by atoms with van der Waals surface area (Å²) in [5, 5.41) is 3.34. The first-order chi connectivity index (χ1) is 8.20. The van der Waals surface area contributed by atoms with Gasteiger partial charge in [-0.05, 0) is 31.0 Å². The Balaban J connectivity index is 1.94. The summed E-state index contributed by atoms with van der Waals surface area (Å²) in [5.41, 5.74) is 6.36. The smallest absolute Gasteiger partial charge is 0.129 e. The van der Waals surface area contributed by atoms with Crippen LogP contribution < -0.4 is 11.1 Å². The first kappa shape index (κ1) is 13.0. The zero-order valence-corrected chi connectivity index (χ0v) is 11.3. The van der Waals surface area contributed by atoms with Gasteiger partial charge in [0.1, 0.15) is 5.82 Å². The monoisotopic (exact) mass is 300 g/mol. The van der Waals surface area contributed by atoms with Crippen LogP contribution >= 0.6 is 15.9 Å². The zero-order chi connectivity index (χ0) is 12.3. The van der Waals surface area contributed by atoms with Crippen molar-refractivity contribution in [1.29, 1.82) is 0 Å². The molecule has 0 aromatic heterocycles. The molecule has 1 aliphatic rings. The lowest BCUT2D eigenvalue weighted by molar-refractivity contribution is 0.490. The van der Waals surface area contributed by atoms with Gasteiger partial charge in [0.05, 0.1) is 0 Å². The van der Waals surface area contributed by atoms with Crippen LogP contribution in [-0.2, 0) is 0 Å². The van der Waals surface area contributed by atoms with Gasteiger partial charge in [-0.3, -0.25) is 0 Å². The summed E-state index contributed by atoms with van der Waals surface area (Å²) in [6.45, 7) is 1.34. The van der Waals surface area contributed by atoms with Crippen LogP contribution in [-0.4, -0.2) is 13.1 Å². The fourth-order valence-corrected chi connectivity index (χ4v) is 2.31. The highest BCUT2D eigenvalue weighted by atomic mass is 79.9. The van der Waals surface area contributed by atoms with Crippen molar-refractivity contribution in [2.75, 3.05) is 13.1 Å². The van der Waals surface area contributed by atoms with Gasteiger partial charge < -0.3 is 11.1 Å². The molecule has 1 fully saturated rings. The van der Waals surface area contributed by atoms with Crippen LogP contribution in [0.3, 0.4) is 0 Å². The molecule has 0 saturated heterocycles. The highest BCUT2D eigenvalue weighted by Gasteiger charge is 2.21. The number of halogens is 2. The van der Waals surface area contributed by atoms with Crippen molar-refractivity contribution in [2.45, 2.75) is 25.3 Å². The van der Waals surface area contributed by atoms with Gasteiger partial charge in [0.2, 0.25) is 0 Å². The van der Waals surface area contributed by atoms with Crippen molar-refractivity contribution >= 4 is 15.9 Å². The standard InChI is InChI=1S/C13H18BrFN2/c14-10-3-4-11(12(15)7-10)13(8-16)17-6-5-9-1-2-9/h3-4,7,9,13,17H,1-2,5-6,8,16H2. The van der Waals surface area contributed by atoms with Crippen molar-refractivity contribution in [1.82, 2.24) is 5.32 Å². The van der Waals surface area contributed by atoms with E-state index in [0.29, 0.717) is 12.1 Å². The topological polar surface area (TPSA) is 38.0 Å². The summed E-state index contributed by atoms with van der Waals surface area (Å²) >= 11 is 3.26. The van der Waals surface area contributed by atoms with Crippen molar-refractivity contribution in [3.63, 3.8) is 0 Å². The van der Waals surface area contributed by atoms with Gasteiger partial charge in [0.25, 0.3) is 0 Å². The molecule has 0 amide bonds. The second kappa shape index (κ2) is 5.94. The van der Waals surface area contributed by atoms with E-state index in [4.69, 9.17) is 5.73 Å². The molecule has 0 radical (unpaired) electrons. The fourth-order valence-electron chi connectivity index (χ4n) is 1.97. The lowest BCUT2D eigenvalue weighted by atomic mass is 10.1. The maximum atomic E-state index is 13.8. The molecule has 17 heavy (non-hydrogen) atoms. The molecule has 0 heterocycles. The molecular weight excluding hydrogens is 283 g/mol. The summed E-state index contributed by atoms with van der Waals surface area (Å²) in [7, 11) is 0. The number of benzene rings is 1. The molecule has 2 nitrogen and oxygen atoms in total. The predicted molar refractivity (Wildman–Crippen MR) is 71.2 cm³/mol. The fraction of sp³-hybridized carbons (Fsp3) is 0.538. The largest absolute Gasteiger partial charge is 0.329 e. The maximum Gasteiger partial charge on any atom is 0.129 e. The number of nitrogens with one attached hydrogen (secondary N) is 1. The van der Waals surface area contributed by atoms with E-state index >= 15 is 0 Å². The average Bonchev–Trinajstić information content (AvgIpc) is 3.10. The van der Waals surface area contributed by atoms with E-state index in [-0.39, 0.29) is 11.9 Å². The Bertz CT molecular complexity index is 380. The first-order valence-corrected chi connectivity index (χ1v) is 6.88. The minimum Gasteiger partial charge on any atom is -0.329 e. The van der Waals surface area contributed by atoms with Gasteiger partial charge in [-0.2, -0.15) is 0 Å². The van der Waals surface area contributed by atoms with Gasteiger partial charge >= 0.3 is 0 Å². The second-order valence-corrected chi connectivity index (χ2v) is 5.56. The van der Waals surface area contributed by atoms with E-state index in [2.05, 4.69) is 21.2 Å². The third-order valence-corrected chi connectivity index (χ3v) is 3.71. The molecule has 3 N–H and O–H groups in total. The van der Waals surface area contributed by atoms with Gasteiger partial charge in [-0.15, -0.1) is 0 Å². The molecule has 0 spiro atoms. The molecule has 0 bridgehead atoms. The summed E-state index contributed by atoms with van der Waals surface area (Å²) in [5.74, 6) is 0.685. The molecule has 1 atom stereocenters. The van der Waals surface area contributed by atoms with Crippen LogP contribution in [0.4, 0.5) is 4.39 Å². The van der Waals surface area contributed by atoms with Gasteiger partial charge in [-0.1, -0.05) is 34.8 Å². The maximum absolute atomic E-state index is 13.8. The Kier molecular flexibility index (Phi) is 4.54. The Hall–Kier alpha value is -0.450. The van der Waals surface area contributed by atoms with Crippen LogP contribution in [0.15, 0.2) is 22.7 Å². The Morgan fingerprint density at radius 1 is 1.47 bits per heavy atom. The molecule has 0 aliphatic heterocycles. The number of rotatable bonds is 6. The van der Waals surface area contributed by atoms with Crippen molar-refractivity contribution in [2.24, 2.45) is 11.7 Å². The van der Waals surface area contributed by atoms with E-state index in [9.17, 15) is 4.39 Å². The quantitative estimate of drug-likeness (QED) is 0.848. The third kappa shape index (κ3) is 3.76. The minimum atomic E-state index is -0.200. The first-order valence-electron chi connectivity index (χ1n) is 6.09. The minimum absolute atomic E-state index is 0.0816. The van der Waals surface area contributed by atoms with Crippen LogP contribution in [0.5, 0.6) is 0 Å². The van der Waals surface area contributed by atoms with Gasteiger partial charge in [-0.25, -0.2) is 4.39 Å². The van der Waals surface area contributed by atoms with Gasteiger partial charge in [0, 0.05) is 22.6 Å². The van der Waals surface area contributed by atoms with Crippen molar-refractivity contribution in [3.05, 3.63) is 34.1 Å². The second-order valence-electron chi connectivity index (χ2n) is 4.64. The Morgan fingerprint density at radius 3 is 2.82 bits per heavy atom. The normalized spacial score (nSPS) is 17.1. The number of nitrogens with two attached hydrogens (primary N) is 1. The predicted octanol–water partition coefficient (Wildman–Crippen LogP) is 2.98. The van der Waals surface area contributed by atoms with E-state index in [1.807, 2.05) is 6.07 Å². The summed E-state index contributed by atoms with van der Waals surface area (Å²) in [4.78, 5) is 0. The lowest BCUT2D eigenvalue weighted by Gasteiger charge is -2.18. The molecule has 4 heteroatoms. The molecule has 94 valence electrons. The number of hydrogen-bond acceptors (Lipinski definition) is 2.